The Morgan fingerprint density at radius 1 is 1.44 bits per heavy atom. The van der Waals surface area contributed by atoms with E-state index in [4.69, 9.17) is 21.1 Å². The van der Waals surface area contributed by atoms with Crippen LogP contribution in [0.1, 0.15) is 6.92 Å². The predicted octanol–water partition coefficient (Wildman–Crippen LogP) is 2.36. The summed E-state index contributed by atoms with van der Waals surface area (Å²) in [5.74, 6) is -0.178. The van der Waals surface area contributed by atoms with Crippen molar-refractivity contribution in [3.8, 4) is 0 Å². The van der Waals surface area contributed by atoms with Crippen LogP contribution >= 0.6 is 11.6 Å². The number of nitrogens with zero attached hydrogens (tertiary/aromatic N) is 2. The Bertz CT molecular complexity index is 379. The van der Waals surface area contributed by atoms with Gasteiger partial charge in [-0.25, -0.2) is 9.37 Å². The Balaban J connectivity index is 2.93. The molecule has 1 atom stereocenters. The van der Waals surface area contributed by atoms with Gasteiger partial charge in [0.15, 0.2) is 11.6 Å². The molecule has 1 aromatic heterocycles. The molecular weight excluding hydrogens is 259 g/mol. The molecule has 0 spiro atoms. The summed E-state index contributed by atoms with van der Waals surface area (Å²) in [6, 6.07) is 1.25. The smallest absolute Gasteiger partial charge is 0.167 e. The fraction of sp³-hybridized carbons (Fsp3) is 0.583. The highest BCUT2D eigenvalue weighted by atomic mass is 35.5. The summed E-state index contributed by atoms with van der Waals surface area (Å²) in [7, 11) is 3.21. The summed E-state index contributed by atoms with van der Waals surface area (Å²) in [5.41, 5.74) is 0. The van der Waals surface area contributed by atoms with Crippen LogP contribution in [0.3, 0.4) is 0 Å². The second-order valence-electron chi connectivity index (χ2n) is 3.95. The minimum absolute atomic E-state index is 0.00618. The fourth-order valence-corrected chi connectivity index (χ4v) is 1.82. The highest BCUT2D eigenvalue weighted by Crippen LogP contribution is 2.21. The molecule has 6 heteroatoms. The maximum atomic E-state index is 13.9. The molecule has 1 unspecified atom stereocenters. The van der Waals surface area contributed by atoms with Crippen molar-refractivity contribution in [3.63, 3.8) is 0 Å². The summed E-state index contributed by atoms with van der Waals surface area (Å²) in [5, 5.41) is 0.280. The van der Waals surface area contributed by atoms with Gasteiger partial charge in [0.05, 0.1) is 24.3 Å². The zero-order chi connectivity index (χ0) is 13.5. The van der Waals surface area contributed by atoms with Gasteiger partial charge in [-0.3, -0.25) is 0 Å². The van der Waals surface area contributed by atoms with Gasteiger partial charge in [0.1, 0.15) is 0 Å². The van der Waals surface area contributed by atoms with E-state index in [0.717, 1.165) is 0 Å². The normalized spacial score (nSPS) is 12.5. The number of aromatic nitrogens is 1. The van der Waals surface area contributed by atoms with E-state index in [9.17, 15) is 4.39 Å². The van der Waals surface area contributed by atoms with Crippen molar-refractivity contribution in [2.45, 2.75) is 13.0 Å². The van der Waals surface area contributed by atoms with Gasteiger partial charge in [-0.2, -0.15) is 0 Å². The number of methoxy groups -OCH3 is 2. The molecule has 0 radical (unpaired) electrons. The monoisotopic (exact) mass is 276 g/mol. The molecule has 0 N–H and O–H groups in total. The SMILES string of the molecule is COCCN(c1ncc(Cl)cc1F)C(C)COC. The summed E-state index contributed by atoms with van der Waals surface area (Å²) >= 11 is 5.70. The maximum Gasteiger partial charge on any atom is 0.167 e. The summed E-state index contributed by atoms with van der Waals surface area (Å²) < 4.78 is 24.0. The summed E-state index contributed by atoms with van der Waals surface area (Å²) in [6.07, 6.45) is 1.43. The number of rotatable bonds is 7. The van der Waals surface area contributed by atoms with E-state index in [-0.39, 0.29) is 16.9 Å². The first kappa shape index (κ1) is 15.1. The van der Waals surface area contributed by atoms with Gasteiger partial charge in [-0.05, 0) is 13.0 Å². The molecule has 0 amide bonds. The lowest BCUT2D eigenvalue weighted by Gasteiger charge is -2.29. The Hall–Kier alpha value is -0.910. The molecular formula is C12H18ClFN2O2. The van der Waals surface area contributed by atoms with E-state index in [1.807, 2.05) is 6.92 Å². The lowest BCUT2D eigenvalue weighted by atomic mass is 10.2. The third-order valence-corrected chi connectivity index (χ3v) is 2.74. The summed E-state index contributed by atoms with van der Waals surface area (Å²) in [4.78, 5) is 5.85. The highest BCUT2D eigenvalue weighted by molar-refractivity contribution is 6.30. The van der Waals surface area contributed by atoms with Crippen LogP contribution in [0.15, 0.2) is 12.3 Å². The van der Waals surface area contributed by atoms with Gasteiger partial charge in [-0.1, -0.05) is 11.6 Å². The Labute approximate surface area is 112 Å². The largest absolute Gasteiger partial charge is 0.383 e. The zero-order valence-corrected chi connectivity index (χ0v) is 11.6. The maximum absolute atomic E-state index is 13.9. The molecule has 0 saturated heterocycles. The van der Waals surface area contributed by atoms with Gasteiger partial charge in [0.2, 0.25) is 0 Å². The second kappa shape index (κ2) is 7.51. The number of pyridine rings is 1. The number of hydrogen-bond donors (Lipinski definition) is 0. The van der Waals surface area contributed by atoms with Crippen LogP contribution < -0.4 is 4.90 Å². The van der Waals surface area contributed by atoms with Crippen LogP contribution in [0.5, 0.6) is 0 Å². The molecule has 0 aliphatic carbocycles. The number of hydrogen-bond acceptors (Lipinski definition) is 4. The molecule has 1 heterocycles. The molecule has 0 bridgehead atoms. The zero-order valence-electron chi connectivity index (χ0n) is 10.8. The van der Waals surface area contributed by atoms with Crippen LogP contribution in [-0.2, 0) is 9.47 Å². The van der Waals surface area contributed by atoms with Crippen molar-refractivity contribution in [2.75, 3.05) is 38.9 Å². The van der Waals surface area contributed by atoms with E-state index in [1.54, 1.807) is 19.1 Å². The van der Waals surface area contributed by atoms with E-state index in [0.29, 0.717) is 19.8 Å². The van der Waals surface area contributed by atoms with Crippen LogP contribution in [0, 0.1) is 5.82 Å². The molecule has 4 nitrogen and oxygen atoms in total. The van der Waals surface area contributed by atoms with Gasteiger partial charge in [0, 0.05) is 27.0 Å². The quantitative estimate of drug-likeness (QED) is 0.766. The predicted molar refractivity (Wildman–Crippen MR) is 69.8 cm³/mol. The molecule has 0 fully saturated rings. The van der Waals surface area contributed by atoms with Crippen molar-refractivity contribution >= 4 is 17.4 Å². The van der Waals surface area contributed by atoms with E-state index < -0.39 is 5.82 Å². The minimum Gasteiger partial charge on any atom is -0.383 e. The van der Waals surface area contributed by atoms with Gasteiger partial charge in [0.25, 0.3) is 0 Å². The minimum atomic E-state index is -0.443. The lowest BCUT2D eigenvalue weighted by molar-refractivity contribution is 0.170. The molecule has 1 rings (SSSR count). The van der Waals surface area contributed by atoms with Crippen molar-refractivity contribution in [1.82, 2.24) is 4.98 Å². The Morgan fingerprint density at radius 2 is 2.17 bits per heavy atom. The van der Waals surface area contributed by atoms with Crippen molar-refractivity contribution in [3.05, 3.63) is 23.1 Å². The van der Waals surface area contributed by atoms with E-state index in [2.05, 4.69) is 4.98 Å². The van der Waals surface area contributed by atoms with Crippen LogP contribution in [-0.4, -0.2) is 45.0 Å². The van der Waals surface area contributed by atoms with Gasteiger partial charge in [-0.15, -0.1) is 0 Å². The third kappa shape index (κ3) is 4.08. The third-order valence-electron chi connectivity index (χ3n) is 2.54. The first-order chi connectivity index (χ1) is 8.60. The van der Waals surface area contributed by atoms with E-state index >= 15 is 0 Å². The average Bonchev–Trinajstić information content (AvgIpc) is 2.32. The highest BCUT2D eigenvalue weighted by Gasteiger charge is 2.19. The fourth-order valence-electron chi connectivity index (χ4n) is 1.67. The average molecular weight is 277 g/mol. The van der Waals surface area contributed by atoms with Crippen LogP contribution in [0.4, 0.5) is 10.2 Å². The molecule has 1 aromatic rings. The Morgan fingerprint density at radius 3 is 2.72 bits per heavy atom. The summed E-state index contributed by atoms with van der Waals surface area (Å²) in [6.45, 7) is 3.44. The molecule has 0 aromatic carbocycles. The lowest BCUT2D eigenvalue weighted by Crippen LogP contribution is -2.39. The van der Waals surface area contributed by atoms with Crippen LogP contribution in [0.25, 0.3) is 0 Å². The first-order valence-electron chi connectivity index (χ1n) is 5.65. The molecule has 102 valence electrons. The van der Waals surface area contributed by atoms with Crippen molar-refractivity contribution in [1.29, 1.82) is 0 Å². The topological polar surface area (TPSA) is 34.6 Å². The molecule has 18 heavy (non-hydrogen) atoms. The van der Waals surface area contributed by atoms with E-state index in [1.165, 1.54) is 12.3 Å². The first-order valence-corrected chi connectivity index (χ1v) is 6.03. The number of halogens is 2. The second-order valence-corrected chi connectivity index (χ2v) is 4.39. The van der Waals surface area contributed by atoms with Gasteiger partial charge < -0.3 is 14.4 Å². The number of anilines is 1. The van der Waals surface area contributed by atoms with Crippen LogP contribution in [0.2, 0.25) is 5.02 Å². The van der Waals surface area contributed by atoms with Crippen molar-refractivity contribution < 1.29 is 13.9 Å². The standard InChI is InChI=1S/C12H18ClFN2O2/c1-9(8-18-3)16(4-5-17-2)12-11(14)6-10(13)7-15-12/h6-7,9H,4-5,8H2,1-3H3. The van der Waals surface area contributed by atoms with Crippen molar-refractivity contribution in [2.24, 2.45) is 0 Å². The molecule has 0 saturated carbocycles. The molecule has 0 aliphatic rings. The van der Waals surface area contributed by atoms with Gasteiger partial charge >= 0.3 is 0 Å². The Kier molecular flexibility index (Phi) is 6.32. The molecule has 0 aliphatic heterocycles. The number of ether oxygens (including phenoxy) is 2.